The van der Waals surface area contributed by atoms with Crippen LogP contribution in [-0.4, -0.2) is 36.2 Å². The number of alkyl halides is 3. The smallest absolute Gasteiger partial charge is 0.416 e. The lowest BCUT2D eigenvalue weighted by molar-refractivity contribution is -0.137. The van der Waals surface area contributed by atoms with Gasteiger partial charge in [0.15, 0.2) is 0 Å². The molecule has 7 heteroatoms. The molecule has 23 heavy (non-hydrogen) atoms. The van der Waals surface area contributed by atoms with E-state index in [1.807, 2.05) is 0 Å². The van der Waals surface area contributed by atoms with E-state index in [4.69, 9.17) is 4.74 Å². The van der Waals surface area contributed by atoms with Gasteiger partial charge in [0.2, 0.25) is 0 Å². The van der Waals surface area contributed by atoms with Gasteiger partial charge in [0.25, 0.3) is 0 Å². The van der Waals surface area contributed by atoms with Crippen LogP contribution in [0.15, 0.2) is 24.3 Å². The molecule has 4 nitrogen and oxygen atoms in total. The van der Waals surface area contributed by atoms with Crippen molar-refractivity contribution in [1.82, 2.24) is 10.2 Å². The van der Waals surface area contributed by atoms with Crippen LogP contribution in [0.25, 0.3) is 0 Å². The molecular formula is C16H21F3N2O2. The van der Waals surface area contributed by atoms with Gasteiger partial charge in [0.1, 0.15) is 5.60 Å². The Bertz CT molecular complexity index is 567. The number of amides is 1. The van der Waals surface area contributed by atoms with Gasteiger partial charge in [-0.05, 0) is 38.5 Å². The Morgan fingerprint density at radius 2 is 2.00 bits per heavy atom. The molecule has 1 fully saturated rings. The fourth-order valence-corrected chi connectivity index (χ4v) is 2.46. The van der Waals surface area contributed by atoms with Crippen molar-refractivity contribution in [3.05, 3.63) is 35.4 Å². The Hall–Kier alpha value is -1.76. The standard InChI is InChI=1S/C16H21F3N2O2/c1-15(2,3)23-14(22)21-8-7-20-10-13(21)11-5-4-6-12(9-11)16(17,18)19/h4-6,9,13,20H,7-8,10H2,1-3H3. The zero-order valence-corrected chi connectivity index (χ0v) is 13.4. The summed E-state index contributed by atoms with van der Waals surface area (Å²) in [6.45, 7) is 6.62. The molecule has 0 bridgehead atoms. The Kier molecular flexibility index (Phi) is 4.89. The van der Waals surface area contributed by atoms with Gasteiger partial charge < -0.3 is 10.1 Å². The van der Waals surface area contributed by atoms with Crippen molar-refractivity contribution in [2.45, 2.75) is 38.6 Å². The highest BCUT2D eigenvalue weighted by Gasteiger charge is 2.34. The third kappa shape index (κ3) is 4.60. The lowest BCUT2D eigenvalue weighted by Crippen LogP contribution is -2.50. The van der Waals surface area contributed by atoms with Crippen LogP contribution in [0.2, 0.25) is 0 Å². The number of piperazine rings is 1. The first-order chi connectivity index (χ1) is 10.6. The topological polar surface area (TPSA) is 41.6 Å². The SMILES string of the molecule is CC(C)(C)OC(=O)N1CCNCC1c1cccc(C(F)(F)F)c1. The first kappa shape index (κ1) is 17.6. The van der Waals surface area contributed by atoms with Gasteiger partial charge in [0, 0.05) is 19.6 Å². The quantitative estimate of drug-likeness (QED) is 0.856. The summed E-state index contributed by atoms with van der Waals surface area (Å²) in [6, 6.07) is 4.59. The van der Waals surface area contributed by atoms with Crippen LogP contribution < -0.4 is 5.32 Å². The van der Waals surface area contributed by atoms with Crippen molar-refractivity contribution in [1.29, 1.82) is 0 Å². The summed E-state index contributed by atoms with van der Waals surface area (Å²) in [5, 5.41) is 3.11. The minimum Gasteiger partial charge on any atom is -0.444 e. The van der Waals surface area contributed by atoms with Crippen LogP contribution in [0.4, 0.5) is 18.0 Å². The summed E-state index contributed by atoms with van der Waals surface area (Å²) < 4.78 is 44.0. The first-order valence-electron chi connectivity index (χ1n) is 7.45. The van der Waals surface area contributed by atoms with Crippen LogP contribution in [-0.2, 0) is 10.9 Å². The second-order valence-corrected chi connectivity index (χ2v) is 6.52. The number of nitrogens with zero attached hydrogens (tertiary/aromatic N) is 1. The van der Waals surface area contributed by atoms with E-state index in [-0.39, 0.29) is 0 Å². The zero-order valence-electron chi connectivity index (χ0n) is 13.4. The van der Waals surface area contributed by atoms with Crippen molar-refractivity contribution in [3.63, 3.8) is 0 Å². The summed E-state index contributed by atoms with van der Waals surface area (Å²) in [5.41, 5.74) is -0.928. The number of carbonyl (C=O) groups excluding carboxylic acids is 1. The van der Waals surface area contributed by atoms with Crippen molar-refractivity contribution in [2.24, 2.45) is 0 Å². The highest BCUT2D eigenvalue weighted by Crippen LogP contribution is 2.32. The van der Waals surface area contributed by atoms with E-state index >= 15 is 0 Å². The molecule has 0 spiro atoms. The largest absolute Gasteiger partial charge is 0.444 e. The molecule has 128 valence electrons. The normalized spacial score (nSPS) is 19.6. The van der Waals surface area contributed by atoms with E-state index < -0.39 is 29.5 Å². The number of halogens is 3. The van der Waals surface area contributed by atoms with Crippen molar-refractivity contribution < 1.29 is 22.7 Å². The monoisotopic (exact) mass is 330 g/mol. The number of carbonyl (C=O) groups is 1. The van der Waals surface area contributed by atoms with Crippen molar-refractivity contribution in [2.75, 3.05) is 19.6 Å². The second kappa shape index (κ2) is 6.39. The molecule has 1 aliphatic heterocycles. The van der Waals surface area contributed by atoms with Crippen LogP contribution in [0.5, 0.6) is 0 Å². The highest BCUT2D eigenvalue weighted by molar-refractivity contribution is 5.69. The molecule has 0 radical (unpaired) electrons. The molecule has 1 aromatic carbocycles. The van der Waals surface area contributed by atoms with E-state index in [9.17, 15) is 18.0 Å². The molecule has 2 rings (SSSR count). The van der Waals surface area contributed by atoms with Crippen molar-refractivity contribution >= 4 is 6.09 Å². The Morgan fingerprint density at radius 3 is 2.61 bits per heavy atom. The van der Waals surface area contributed by atoms with E-state index in [2.05, 4.69) is 5.32 Å². The average molecular weight is 330 g/mol. The summed E-state index contributed by atoms with van der Waals surface area (Å²) in [7, 11) is 0. The molecular weight excluding hydrogens is 309 g/mol. The fourth-order valence-electron chi connectivity index (χ4n) is 2.46. The van der Waals surface area contributed by atoms with Gasteiger partial charge in [-0.1, -0.05) is 12.1 Å². The lowest BCUT2D eigenvalue weighted by Gasteiger charge is -2.37. The zero-order chi connectivity index (χ0) is 17.3. The summed E-state index contributed by atoms with van der Waals surface area (Å²) >= 11 is 0. The number of hydrogen-bond acceptors (Lipinski definition) is 3. The highest BCUT2D eigenvalue weighted by atomic mass is 19.4. The average Bonchev–Trinajstić information content (AvgIpc) is 2.45. The summed E-state index contributed by atoms with van der Waals surface area (Å²) in [5.74, 6) is 0. The molecule has 1 aliphatic rings. The molecule has 1 N–H and O–H groups in total. The molecule has 0 aliphatic carbocycles. The van der Waals surface area contributed by atoms with E-state index in [1.54, 1.807) is 26.8 Å². The van der Waals surface area contributed by atoms with Gasteiger partial charge in [0.05, 0.1) is 11.6 Å². The van der Waals surface area contributed by atoms with Crippen LogP contribution in [0.3, 0.4) is 0 Å². The number of hydrogen-bond donors (Lipinski definition) is 1. The van der Waals surface area contributed by atoms with Crippen LogP contribution in [0, 0.1) is 0 Å². The van der Waals surface area contributed by atoms with E-state index in [1.165, 1.54) is 11.0 Å². The lowest BCUT2D eigenvalue weighted by atomic mass is 10.0. The third-order valence-corrected chi connectivity index (χ3v) is 3.47. The maximum Gasteiger partial charge on any atom is 0.416 e. The molecule has 1 heterocycles. The molecule has 1 atom stereocenters. The van der Waals surface area contributed by atoms with Crippen molar-refractivity contribution in [3.8, 4) is 0 Å². The molecule has 1 saturated heterocycles. The van der Waals surface area contributed by atoms with Gasteiger partial charge >= 0.3 is 12.3 Å². The molecule has 0 aromatic heterocycles. The van der Waals surface area contributed by atoms with Gasteiger partial charge in [-0.3, -0.25) is 4.90 Å². The van der Waals surface area contributed by atoms with Gasteiger partial charge in [-0.2, -0.15) is 13.2 Å². The number of nitrogens with one attached hydrogen (secondary N) is 1. The van der Waals surface area contributed by atoms with Crippen LogP contribution >= 0.6 is 0 Å². The first-order valence-corrected chi connectivity index (χ1v) is 7.45. The maximum atomic E-state index is 12.9. The summed E-state index contributed by atoms with van der Waals surface area (Å²) in [6.07, 6.45) is -4.92. The minimum atomic E-state index is -4.41. The molecule has 1 amide bonds. The predicted octanol–water partition coefficient (Wildman–Crippen LogP) is 3.59. The molecule has 1 unspecified atom stereocenters. The third-order valence-electron chi connectivity index (χ3n) is 3.47. The molecule has 0 saturated carbocycles. The second-order valence-electron chi connectivity index (χ2n) is 6.52. The minimum absolute atomic E-state index is 0.385. The predicted molar refractivity (Wildman–Crippen MR) is 80.0 cm³/mol. The van der Waals surface area contributed by atoms with Gasteiger partial charge in [-0.15, -0.1) is 0 Å². The Morgan fingerprint density at radius 1 is 1.30 bits per heavy atom. The molecule has 1 aromatic rings. The number of ether oxygens (including phenoxy) is 1. The fraction of sp³-hybridized carbons (Fsp3) is 0.562. The van der Waals surface area contributed by atoms with E-state index in [0.29, 0.717) is 25.2 Å². The Labute approximate surface area is 133 Å². The maximum absolute atomic E-state index is 12.9. The number of rotatable bonds is 1. The number of benzene rings is 1. The van der Waals surface area contributed by atoms with Gasteiger partial charge in [-0.25, -0.2) is 4.79 Å². The Balaban J connectivity index is 2.26. The summed E-state index contributed by atoms with van der Waals surface area (Å²) in [4.78, 5) is 13.8. The van der Waals surface area contributed by atoms with Crippen LogP contribution in [0.1, 0.15) is 37.9 Å². The van der Waals surface area contributed by atoms with E-state index in [0.717, 1.165) is 12.1 Å².